The van der Waals surface area contributed by atoms with Gasteiger partial charge in [-0.3, -0.25) is 4.68 Å². The van der Waals surface area contributed by atoms with Gasteiger partial charge in [-0.2, -0.15) is 5.10 Å². The molecule has 1 fully saturated rings. The first-order valence-corrected chi connectivity index (χ1v) is 7.30. The van der Waals surface area contributed by atoms with Gasteiger partial charge in [0.15, 0.2) is 5.65 Å². The summed E-state index contributed by atoms with van der Waals surface area (Å²) in [4.78, 5) is 4.75. The van der Waals surface area contributed by atoms with Crippen molar-refractivity contribution in [2.45, 2.75) is 32.2 Å². The lowest BCUT2D eigenvalue weighted by atomic mass is 10.1. The first-order valence-electron chi connectivity index (χ1n) is 6.76. The Kier molecular flexibility index (Phi) is 3.50. The summed E-state index contributed by atoms with van der Waals surface area (Å²) in [5.41, 5.74) is 3.11. The molecular weight excluding hydrogens is 264 g/mol. The second-order valence-electron chi connectivity index (χ2n) is 5.06. The van der Waals surface area contributed by atoms with Crippen molar-refractivity contribution in [2.75, 3.05) is 19.1 Å². The number of aryl methyl sites for hydroxylation is 3. The fraction of sp³-hybridized carbons (Fsp3) is 0.692. The zero-order valence-corrected chi connectivity index (χ0v) is 12.2. The summed E-state index contributed by atoms with van der Waals surface area (Å²) >= 11 is 5.92. The van der Waals surface area contributed by atoms with Gasteiger partial charge in [-0.1, -0.05) is 0 Å². The van der Waals surface area contributed by atoms with E-state index in [4.69, 9.17) is 21.3 Å². The van der Waals surface area contributed by atoms with Gasteiger partial charge in [0, 0.05) is 38.6 Å². The summed E-state index contributed by atoms with van der Waals surface area (Å²) in [6.45, 7) is 3.65. The van der Waals surface area contributed by atoms with E-state index in [0.29, 0.717) is 11.9 Å². The molecule has 6 heteroatoms. The highest BCUT2D eigenvalue weighted by atomic mass is 35.5. The van der Waals surface area contributed by atoms with Crippen LogP contribution in [0.4, 0.5) is 0 Å². The third kappa shape index (κ3) is 2.15. The van der Waals surface area contributed by atoms with Crippen molar-refractivity contribution < 1.29 is 4.74 Å². The lowest BCUT2D eigenvalue weighted by Crippen LogP contribution is -2.22. The number of aromatic nitrogens is 4. The summed E-state index contributed by atoms with van der Waals surface area (Å²) < 4.78 is 9.73. The van der Waals surface area contributed by atoms with Crippen molar-refractivity contribution in [3.05, 3.63) is 11.5 Å². The number of imidazole rings is 1. The van der Waals surface area contributed by atoms with Crippen LogP contribution in [0.25, 0.3) is 11.2 Å². The normalized spacial score (nSPS) is 17.4. The van der Waals surface area contributed by atoms with E-state index in [2.05, 4.69) is 9.67 Å². The molecule has 0 aromatic carbocycles. The zero-order chi connectivity index (χ0) is 13.4. The Hall–Kier alpha value is -1.07. The standard InChI is InChI=1S/C13H19ClN4O/c1-9-12-13(17(2)16-9)18(11(15-12)3-6-14)10-4-7-19-8-5-10/h10H,3-8H2,1-2H3. The number of fused-ring (bicyclic) bond motifs is 1. The van der Waals surface area contributed by atoms with Crippen molar-refractivity contribution in [3.63, 3.8) is 0 Å². The highest BCUT2D eigenvalue weighted by Crippen LogP contribution is 2.29. The molecule has 0 atom stereocenters. The van der Waals surface area contributed by atoms with Gasteiger partial charge in [0.05, 0.1) is 5.69 Å². The molecule has 0 aliphatic carbocycles. The van der Waals surface area contributed by atoms with E-state index in [-0.39, 0.29) is 0 Å². The second-order valence-corrected chi connectivity index (χ2v) is 5.44. The van der Waals surface area contributed by atoms with Crippen molar-refractivity contribution in [1.82, 2.24) is 19.3 Å². The Morgan fingerprint density at radius 2 is 2.11 bits per heavy atom. The van der Waals surface area contributed by atoms with Crippen molar-refractivity contribution in [3.8, 4) is 0 Å². The van der Waals surface area contributed by atoms with Crippen LogP contribution in [-0.2, 0) is 18.2 Å². The van der Waals surface area contributed by atoms with Crippen LogP contribution in [-0.4, -0.2) is 38.4 Å². The van der Waals surface area contributed by atoms with Gasteiger partial charge in [-0.15, -0.1) is 11.6 Å². The largest absolute Gasteiger partial charge is 0.381 e. The molecule has 1 saturated heterocycles. The van der Waals surface area contributed by atoms with E-state index in [1.165, 1.54) is 0 Å². The zero-order valence-electron chi connectivity index (χ0n) is 11.4. The van der Waals surface area contributed by atoms with Gasteiger partial charge in [0.2, 0.25) is 0 Å². The van der Waals surface area contributed by atoms with Crippen LogP contribution in [0, 0.1) is 6.92 Å². The molecule has 2 aromatic heterocycles. The minimum atomic E-state index is 0.451. The predicted octanol–water partition coefficient (Wildman–Crippen LogP) is 2.21. The maximum Gasteiger partial charge on any atom is 0.158 e. The molecule has 5 nitrogen and oxygen atoms in total. The molecule has 0 unspecified atom stereocenters. The van der Waals surface area contributed by atoms with Crippen molar-refractivity contribution in [1.29, 1.82) is 0 Å². The Balaban J connectivity index is 2.14. The average Bonchev–Trinajstić information content (AvgIpc) is 2.91. The molecule has 0 bridgehead atoms. The quantitative estimate of drug-likeness (QED) is 0.811. The Labute approximate surface area is 117 Å². The van der Waals surface area contributed by atoms with Crippen LogP contribution in [0.1, 0.15) is 30.4 Å². The molecule has 3 heterocycles. The van der Waals surface area contributed by atoms with Gasteiger partial charge in [0.1, 0.15) is 11.3 Å². The van der Waals surface area contributed by atoms with Gasteiger partial charge in [0.25, 0.3) is 0 Å². The van der Waals surface area contributed by atoms with Crippen molar-refractivity contribution >= 4 is 22.8 Å². The summed E-state index contributed by atoms with van der Waals surface area (Å²) in [6.07, 6.45) is 2.86. The third-order valence-electron chi connectivity index (χ3n) is 3.78. The summed E-state index contributed by atoms with van der Waals surface area (Å²) in [7, 11) is 1.98. The highest BCUT2D eigenvalue weighted by molar-refractivity contribution is 6.17. The Morgan fingerprint density at radius 3 is 2.79 bits per heavy atom. The Morgan fingerprint density at radius 1 is 1.37 bits per heavy atom. The lowest BCUT2D eigenvalue weighted by Gasteiger charge is -2.25. The molecule has 0 spiro atoms. The van der Waals surface area contributed by atoms with Gasteiger partial charge < -0.3 is 9.30 Å². The molecule has 1 aliphatic heterocycles. The fourth-order valence-corrected chi connectivity index (χ4v) is 3.10. The van der Waals surface area contributed by atoms with Crippen LogP contribution < -0.4 is 0 Å². The van der Waals surface area contributed by atoms with Crippen LogP contribution in [0.3, 0.4) is 0 Å². The number of alkyl halides is 1. The van der Waals surface area contributed by atoms with E-state index in [1.807, 2.05) is 18.7 Å². The number of ether oxygens (including phenoxy) is 1. The van der Waals surface area contributed by atoms with Crippen LogP contribution in [0.15, 0.2) is 0 Å². The second kappa shape index (κ2) is 5.13. The molecule has 1 aliphatic rings. The van der Waals surface area contributed by atoms with Gasteiger partial charge >= 0.3 is 0 Å². The van der Waals surface area contributed by atoms with E-state index >= 15 is 0 Å². The molecule has 3 rings (SSSR count). The van der Waals surface area contributed by atoms with E-state index in [9.17, 15) is 0 Å². The highest BCUT2D eigenvalue weighted by Gasteiger charge is 2.24. The van der Waals surface area contributed by atoms with Gasteiger partial charge in [-0.25, -0.2) is 4.98 Å². The van der Waals surface area contributed by atoms with Crippen molar-refractivity contribution in [2.24, 2.45) is 7.05 Å². The molecule has 19 heavy (non-hydrogen) atoms. The molecule has 2 aromatic rings. The topological polar surface area (TPSA) is 44.9 Å². The number of hydrogen-bond acceptors (Lipinski definition) is 3. The minimum Gasteiger partial charge on any atom is -0.381 e. The molecular formula is C13H19ClN4O. The van der Waals surface area contributed by atoms with E-state index in [0.717, 1.165) is 55.2 Å². The first kappa shape index (κ1) is 12.9. The summed E-state index contributed by atoms with van der Waals surface area (Å²) in [5.74, 6) is 1.67. The number of hydrogen-bond donors (Lipinski definition) is 0. The maximum atomic E-state index is 5.92. The van der Waals surface area contributed by atoms with Crippen LogP contribution in [0.2, 0.25) is 0 Å². The molecule has 0 amide bonds. The Bertz CT molecular complexity index is 583. The predicted molar refractivity (Wildman–Crippen MR) is 74.8 cm³/mol. The van der Waals surface area contributed by atoms with E-state index in [1.54, 1.807) is 0 Å². The van der Waals surface area contributed by atoms with Gasteiger partial charge in [-0.05, 0) is 19.8 Å². The smallest absolute Gasteiger partial charge is 0.158 e. The molecule has 104 valence electrons. The third-order valence-corrected chi connectivity index (χ3v) is 3.97. The van der Waals surface area contributed by atoms with Crippen LogP contribution >= 0.6 is 11.6 Å². The monoisotopic (exact) mass is 282 g/mol. The minimum absolute atomic E-state index is 0.451. The lowest BCUT2D eigenvalue weighted by molar-refractivity contribution is 0.0696. The number of halogens is 1. The molecule has 0 radical (unpaired) electrons. The fourth-order valence-electron chi connectivity index (χ4n) is 2.93. The summed E-state index contributed by atoms with van der Waals surface area (Å²) in [6, 6.07) is 0.451. The molecule has 0 N–H and O–H groups in total. The first-order chi connectivity index (χ1) is 9.22. The number of nitrogens with zero attached hydrogens (tertiary/aromatic N) is 4. The van der Waals surface area contributed by atoms with E-state index < -0.39 is 0 Å². The SMILES string of the molecule is Cc1nn(C)c2c1nc(CCCl)n2C1CCOCC1. The maximum absolute atomic E-state index is 5.92. The van der Waals surface area contributed by atoms with Crippen LogP contribution in [0.5, 0.6) is 0 Å². The number of rotatable bonds is 3. The summed E-state index contributed by atoms with van der Waals surface area (Å²) in [5, 5.41) is 4.48. The molecule has 0 saturated carbocycles. The average molecular weight is 283 g/mol.